The van der Waals surface area contributed by atoms with Gasteiger partial charge in [-0.25, -0.2) is 0 Å². The van der Waals surface area contributed by atoms with Crippen molar-refractivity contribution in [1.29, 1.82) is 0 Å². The normalized spacial score (nSPS) is 16.8. The van der Waals surface area contributed by atoms with E-state index in [-0.39, 0.29) is 11.8 Å². The van der Waals surface area contributed by atoms with E-state index in [1.807, 2.05) is 68.4 Å². The van der Waals surface area contributed by atoms with Gasteiger partial charge in [0.05, 0.1) is 6.04 Å². The number of aromatic amines is 1. The van der Waals surface area contributed by atoms with E-state index in [0.29, 0.717) is 6.61 Å². The van der Waals surface area contributed by atoms with Gasteiger partial charge in [-0.3, -0.25) is 14.6 Å². The molecule has 0 bridgehead atoms. The minimum atomic E-state index is -0.115. The summed E-state index contributed by atoms with van der Waals surface area (Å²) in [5.41, 5.74) is 2.83. The molecule has 29 heavy (non-hydrogen) atoms. The van der Waals surface area contributed by atoms with E-state index in [2.05, 4.69) is 14.8 Å². The van der Waals surface area contributed by atoms with Crippen LogP contribution in [0.25, 0.3) is 10.9 Å². The molecule has 1 atom stereocenters. The highest BCUT2D eigenvalue weighted by molar-refractivity contribution is 6.11. The molecule has 0 saturated carbocycles. The number of fused-ring (bicyclic) bond motifs is 1. The number of carbonyl (C=O) groups excluding carboxylic acids is 1. The highest BCUT2D eigenvalue weighted by Crippen LogP contribution is 2.24. The highest BCUT2D eigenvalue weighted by atomic mass is 16.5. The van der Waals surface area contributed by atoms with Gasteiger partial charge in [-0.2, -0.15) is 0 Å². The number of nitrogens with zero attached hydrogens (tertiary/aromatic N) is 2. The van der Waals surface area contributed by atoms with Gasteiger partial charge in [0.15, 0.2) is 5.78 Å². The molecule has 5 heteroatoms. The SMILES string of the molecule is Cc1[nH]c2ccccc2c1C(=O)[C@@H](C)N1CCN(CCOc2ccccc2)CC1. The zero-order valence-corrected chi connectivity index (χ0v) is 17.2. The Morgan fingerprint density at radius 1 is 1.03 bits per heavy atom. The maximum absolute atomic E-state index is 13.3. The third-order valence-electron chi connectivity index (χ3n) is 5.89. The number of carbonyl (C=O) groups is 1. The van der Waals surface area contributed by atoms with E-state index in [1.165, 1.54) is 0 Å². The standard InChI is InChI=1S/C24H29N3O2/c1-18-23(21-10-6-7-11-22(21)25-18)24(28)19(2)27-14-12-26(13-15-27)16-17-29-20-8-4-3-5-9-20/h3-11,19,25H,12-17H2,1-2H3/t19-/m1/s1. The average molecular weight is 392 g/mol. The van der Waals surface area contributed by atoms with Crippen LogP contribution in [0.5, 0.6) is 5.75 Å². The molecule has 1 fully saturated rings. The van der Waals surface area contributed by atoms with E-state index < -0.39 is 0 Å². The van der Waals surface area contributed by atoms with Crippen LogP contribution < -0.4 is 4.74 Å². The third kappa shape index (κ3) is 4.36. The van der Waals surface area contributed by atoms with Crippen molar-refractivity contribution in [2.45, 2.75) is 19.9 Å². The van der Waals surface area contributed by atoms with E-state index in [4.69, 9.17) is 4.74 Å². The van der Waals surface area contributed by atoms with Crippen molar-refractivity contribution < 1.29 is 9.53 Å². The van der Waals surface area contributed by atoms with Gasteiger partial charge in [0, 0.05) is 54.9 Å². The summed E-state index contributed by atoms with van der Waals surface area (Å²) < 4.78 is 5.81. The first kappa shape index (κ1) is 19.7. The molecule has 0 spiro atoms. The lowest BCUT2D eigenvalue weighted by molar-refractivity contribution is 0.0674. The molecule has 0 unspecified atom stereocenters. The van der Waals surface area contributed by atoms with Crippen LogP contribution in [-0.2, 0) is 0 Å². The molecule has 0 amide bonds. The number of ketones is 1. The van der Waals surface area contributed by atoms with Crippen LogP contribution in [-0.4, -0.2) is 65.9 Å². The number of aromatic nitrogens is 1. The number of piperazine rings is 1. The van der Waals surface area contributed by atoms with Crippen LogP contribution in [0.2, 0.25) is 0 Å². The molecule has 1 saturated heterocycles. The zero-order valence-electron chi connectivity index (χ0n) is 17.2. The molecule has 0 aliphatic carbocycles. The van der Waals surface area contributed by atoms with Gasteiger partial charge in [0.25, 0.3) is 0 Å². The second-order valence-electron chi connectivity index (χ2n) is 7.75. The lowest BCUT2D eigenvalue weighted by Gasteiger charge is -2.37. The Bertz CT molecular complexity index is 959. The molecule has 2 heterocycles. The predicted molar refractivity (Wildman–Crippen MR) is 117 cm³/mol. The van der Waals surface area contributed by atoms with Crippen LogP contribution in [0, 0.1) is 6.92 Å². The van der Waals surface area contributed by atoms with Crippen molar-refractivity contribution in [3.05, 3.63) is 65.9 Å². The fourth-order valence-corrected chi connectivity index (χ4v) is 4.15. The van der Waals surface area contributed by atoms with E-state index in [1.54, 1.807) is 0 Å². The smallest absolute Gasteiger partial charge is 0.182 e. The summed E-state index contributed by atoms with van der Waals surface area (Å²) in [7, 11) is 0. The van der Waals surface area contributed by atoms with Crippen LogP contribution in [0.3, 0.4) is 0 Å². The Hall–Kier alpha value is -2.63. The fourth-order valence-electron chi connectivity index (χ4n) is 4.15. The third-order valence-corrected chi connectivity index (χ3v) is 5.89. The van der Waals surface area contributed by atoms with E-state index in [0.717, 1.165) is 60.6 Å². The van der Waals surface area contributed by atoms with Gasteiger partial charge in [-0.1, -0.05) is 36.4 Å². The number of rotatable bonds is 7. The van der Waals surface area contributed by atoms with Gasteiger partial charge in [-0.15, -0.1) is 0 Å². The Morgan fingerprint density at radius 2 is 1.72 bits per heavy atom. The lowest BCUT2D eigenvalue weighted by Crippen LogP contribution is -2.52. The Morgan fingerprint density at radius 3 is 2.48 bits per heavy atom. The number of benzene rings is 2. The second kappa shape index (κ2) is 8.80. The average Bonchev–Trinajstić information content (AvgIpc) is 3.09. The number of H-pyrrole nitrogens is 1. The van der Waals surface area contributed by atoms with Crippen molar-refractivity contribution in [3.8, 4) is 5.75 Å². The minimum absolute atomic E-state index is 0.115. The summed E-state index contributed by atoms with van der Waals surface area (Å²) in [5.74, 6) is 1.13. The zero-order chi connectivity index (χ0) is 20.2. The fraction of sp³-hybridized carbons (Fsp3) is 0.375. The number of hydrogen-bond acceptors (Lipinski definition) is 4. The largest absolute Gasteiger partial charge is 0.492 e. The molecule has 4 rings (SSSR count). The van der Waals surface area contributed by atoms with Crippen molar-refractivity contribution in [3.63, 3.8) is 0 Å². The summed E-state index contributed by atoms with van der Waals surface area (Å²) in [6.45, 7) is 9.35. The molecule has 152 valence electrons. The molecular weight excluding hydrogens is 362 g/mol. The van der Waals surface area contributed by atoms with Crippen LogP contribution in [0.1, 0.15) is 23.0 Å². The topological polar surface area (TPSA) is 48.6 Å². The number of aryl methyl sites for hydroxylation is 1. The number of hydrogen-bond donors (Lipinski definition) is 1. The maximum Gasteiger partial charge on any atom is 0.182 e. The lowest BCUT2D eigenvalue weighted by atomic mass is 10.0. The highest BCUT2D eigenvalue weighted by Gasteiger charge is 2.28. The minimum Gasteiger partial charge on any atom is -0.492 e. The Balaban J connectivity index is 1.31. The number of para-hydroxylation sites is 2. The Kier molecular flexibility index (Phi) is 5.97. The predicted octanol–water partition coefficient (Wildman–Crippen LogP) is 3.74. The van der Waals surface area contributed by atoms with Crippen LogP contribution in [0.4, 0.5) is 0 Å². The van der Waals surface area contributed by atoms with Gasteiger partial charge >= 0.3 is 0 Å². The van der Waals surface area contributed by atoms with Gasteiger partial charge < -0.3 is 9.72 Å². The molecule has 2 aromatic carbocycles. The molecular formula is C24H29N3O2. The van der Waals surface area contributed by atoms with E-state index in [9.17, 15) is 4.79 Å². The van der Waals surface area contributed by atoms with E-state index >= 15 is 0 Å². The molecule has 1 aromatic heterocycles. The number of nitrogens with one attached hydrogen (secondary N) is 1. The molecule has 5 nitrogen and oxygen atoms in total. The van der Waals surface area contributed by atoms with Crippen molar-refractivity contribution in [2.75, 3.05) is 39.3 Å². The summed E-state index contributed by atoms with van der Waals surface area (Å²) >= 11 is 0. The first-order valence-electron chi connectivity index (χ1n) is 10.4. The van der Waals surface area contributed by atoms with Crippen molar-refractivity contribution in [1.82, 2.24) is 14.8 Å². The summed E-state index contributed by atoms with van der Waals surface area (Å²) in [6, 6.07) is 17.9. The first-order valence-corrected chi connectivity index (χ1v) is 10.4. The Labute approximate surface area is 172 Å². The second-order valence-corrected chi connectivity index (χ2v) is 7.75. The van der Waals surface area contributed by atoms with Crippen LogP contribution in [0.15, 0.2) is 54.6 Å². The van der Waals surface area contributed by atoms with Crippen LogP contribution >= 0.6 is 0 Å². The maximum atomic E-state index is 13.3. The van der Waals surface area contributed by atoms with Gasteiger partial charge in [0.2, 0.25) is 0 Å². The molecule has 1 N–H and O–H groups in total. The first-order chi connectivity index (χ1) is 14.1. The molecule has 1 aliphatic heterocycles. The monoisotopic (exact) mass is 391 g/mol. The summed E-state index contributed by atoms with van der Waals surface area (Å²) in [5, 5.41) is 1.03. The van der Waals surface area contributed by atoms with Gasteiger partial charge in [0.1, 0.15) is 12.4 Å². The molecule has 1 aliphatic rings. The summed E-state index contributed by atoms with van der Waals surface area (Å²) in [6.07, 6.45) is 0. The number of ether oxygens (including phenoxy) is 1. The van der Waals surface area contributed by atoms with Crippen molar-refractivity contribution in [2.24, 2.45) is 0 Å². The number of Topliss-reactive ketones (excluding diaryl/α,β-unsaturated/α-hetero) is 1. The van der Waals surface area contributed by atoms with Gasteiger partial charge in [-0.05, 0) is 32.0 Å². The van der Waals surface area contributed by atoms with Crippen molar-refractivity contribution >= 4 is 16.7 Å². The molecule has 0 radical (unpaired) electrons. The quantitative estimate of drug-likeness (QED) is 0.623. The molecule has 3 aromatic rings. The summed E-state index contributed by atoms with van der Waals surface area (Å²) in [4.78, 5) is 21.3.